The minimum atomic E-state index is -0.219. The molecule has 6 nitrogen and oxygen atoms in total. The zero-order valence-electron chi connectivity index (χ0n) is 16.6. The highest BCUT2D eigenvalue weighted by Gasteiger charge is 2.31. The fourth-order valence-electron chi connectivity index (χ4n) is 4.04. The minimum Gasteiger partial charge on any atom is -0.492 e. The van der Waals surface area contributed by atoms with Gasteiger partial charge in [0.1, 0.15) is 12.1 Å². The smallest absolute Gasteiger partial charge is 0.230 e. The minimum absolute atomic E-state index is 0.0746. The maximum atomic E-state index is 13.3. The van der Waals surface area contributed by atoms with Crippen molar-refractivity contribution in [1.82, 2.24) is 19.5 Å². The monoisotopic (exact) mass is 423 g/mol. The standard InChI is InChI=1S/C22H22FN5OS/c1-15-2-4-16(5-3-15)19(20-21(29)28-22(30-20)24-14-25-28)27-12-10-26(11-13-27)18-8-6-17(23)7-9-18/h2-9,14,19,29H,10-13H2,1H3. The Bertz CT molecular complexity index is 1150. The summed E-state index contributed by atoms with van der Waals surface area (Å²) < 4.78 is 14.8. The van der Waals surface area contributed by atoms with Gasteiger partial charge in [-0.2, -0.15) is 9.61 Å². The lowest BCUT2D eigenvalue weighted by molar-refractivity contribution is 0.211. The van der Waals surface area contributed by atoms with Gasteiger partial charge >= 0.3 is 0 Å². The normalized spacial score (nSPS) is 16.3. The Balaban J connectivity index is 1.45. The Kier molecular flexibility index (Phi) is 4.88. The fraction of sp³-hybridized carbons (Fsp3) is 0.273. The van der Waals surface area contributed by atoms with Gasteiger partial charge in [-0.05, 0) is 36.8 Å². The van der Waals surface area contributed by atoms with Crippen molar-refractivity contribution in [1.29, 1.82) is 0 Å². The number of piperazine rings is 1. The van der Waals surface area contributed by atoms with Crippen LogP contribution in [0.15, 0.2) is 54.9 Å². The van der Waals surface area contributed by atoms with Crippen LogP contribution in [0.25, 0.3) is 4.96 Å². The van der Waals surface area contributed by atoms with Crippen LogP contribution in [0.3, 0.4) is 0 Å². The second kappa shape index (κ2) is 7.70. The van der Waals surface area contributed by atoms with Crippen LogP contribution >= 0.6 is 11.3 Å². The van der Waals surface area contributed by atoms with Crippen molar-refractivity contribution in [2.45, 2.75) is 13.0 Å². The number of aromatic nitrogens is 3. The van der Waals surface area contributed by atoms with Gasteiger partial charge in [0, 0.05) is 31.9 Å². The third-order valence-corrected chi connectivity index (χ3v) is 6.74. The molecule has 5 rings (SSSR count). The van der Waals surface area contributed by atoms with Crippen molar-refractivity contribution in [3.8, 4) is 5.88 Å². The lowest BCUT2D eigenvalue weighted by Gasteiger charge is -2.40. The first-order valence-electron chi connectivity index (χ1n) is 9.92. The van der Waals surface area contributed by atoms with Gasteiger partial charge in [-0.15, -0.1) is 0 Å². The number of anilines is 1. The molecular formula is C22H22FN5OS. The van der Waals surface area contributed by atoms with Gasteiger partial charge in [0.05, 0.1) is 10.9 Å². The summed E-state index contributed by atoms with van der Waals surface area (Å²) in [5.74, 6) is -0.0670. The average molecular weight is 424 g/mol. The highest BCUT2D eigenvalue weighted by atomic mass is 32.1. The van der Waals surface area contributed by atoms with Crippen LogP contribution < -0.4 is 4.90 Å². The predicted octanol–water partition coefficient (Wildman–Crippen LogP) is 3.86. The molecule has 154 valence electrons. The van der Waals surface area contributed by atoms with Gasteiger partial charge in [-0.3, -0.25) is 4.90 Å². The predicted molar refractivity (Wildman–Crippen MR) is 116 cm³/mol. The van der Waals surface area contributed by atoms with E-state index in [0.717, 1.165) is 42.3 Å². The second-order valence-corrected chi connectivity index (χ2v) is 8.57. The number of nitrogens with zero attached hydrogens (tertiary/aromatic N) is 5. The van der Waals surface area contributed by atoms with E-state index in [0.29, 0.717) is 4.96 Å². The van der Waals surface area contributed by atoms with Crippen molar-refractivity contribution in [3.63, 3.8) is 0 Å². The van der Waals surface area contributed by atoms with E-state index in [1.807, 2.05) is 12.1 Å². The molecule has 0 saturated carbocycles. The highest BCUT2D eigenvalue weighted by Crippen LogP contribution is 2.40. The molecule has 1 atom stereocenters. The summed E-state index contributed by atoms with van der Waals surface area (Å²) in [4.78, 5) is 10.4. The molecule has 1 saturated heterocycles. The van der Waals surface area contributed by atoms with Crippen molar-refractivity contribution in [2.24, 2.45) is 0 Å². The van der Waals surface area contributed by atoms with E-state index in [2.05, 4.69) is 51.1 Å². The molecule has 0 amide bonds. The van der Waals surface area contributed by atoms with Gasteiger partial charge in [0.2, 0.25) is 10.8 Å². The molecule has 0 radical (unpaired) electrons. The summed E-state index contributed by atoms with van der Waals surface area (Å²) in [6.07, 6.45) is 1.46. The number of hydrogen-bond donors (Lipinski definition) is 1. The average Bonchev–Trinajstić information content (AvgIpc) is 3.34. The SMILES string of the molecule is Cc1ccc(C(c2sc3ncnn3c2O)N2CCN(c3ccc(F)cc3)CC2)cc1. The van der Waals surface area contributed by atoms with Gasteiger partial charge < -0.3 is 10.0 Å². The molecule has 8 heteroatoms. The van der Waals surface area contributed by atoms with E-state index in [9.17, 15) is 9.50 Å². The Labute approximate surface area is 177 Å². The molecule has 1 aliphatic heterocycles. The van der Waals surface area contributed by atoms with Gasteiger partial charge in [-0.25, -0.2) is 9.37 Å². The van der Waals surface area contributed by atoms with Gasteiger partial charge in [0.25, 0.3) is 0 Å². The molecule has 2 aromatic heterocycles. The molecule has 4 aromatic rings. The number of halogens is 1. The molecule has 2 aromatic carbocycles. The van der Waals surface area contributed by atoms with Crippen molar-refractivity contribution < 1.29 is 9.50 Å². The molecule has 3 heterocycles. The van der Waals surface area contributed by atoms with E-state index in [1.165, 1.54) is 39.9 Å². The third-order valence-electron chi connectivity index (χ3n) is 5.65. The van der Waals surface area contributed by atoms with Crippen LogP contribution in [-0.2, 0) is 0 Å². The molecule has 0 spiro atoms. The van der Waals surface area contributed by atoms with Crippen molar-refractivity contribution in [3.05, 3.63) is 76.7 Å². The number of fused-ring (bicyclic) bond motifs is 1. The Morgan fingerprint density at radius 3 is 2.37 bits per heavy atom. The van der Waals surface area contributed by atoms with Gasteiger partial charge in [0.15, 0.2) is 0 Å². The van der Waals surface area contributed by atoms with Crippen LogP contribution in [0.1, 0.15) is 22.0 Å². The number of aromatic hydroxyl groups is 1. The first-order chi connectivity index (χ1) is 14.6. The summed E-state index contributed by atoms with van der Waals surface area (Å²) in [5.41, 5.74) is 3.37. The Morgan fingerprint density at radius 2 is 1.70 bits per heavy atom. The van der Waals surface area contributed by atoms with Gasteiger partial charge in [-0.1, -0.05) is 41.2 Å². The molecule has 0 bridgehead atoms. The number of thiazole rings is 1. The molecule has 30 heavy (non-hydrogen) atoms. The molecule has 1 N–H and O–H groups in total. The highest BCUT2D eigenvalue weighted by molar-refractivity contribution is 7.17. The van der Waals surface area contributed by atoms with E-state index in [-0.39, 0.29) is 17.7 Å². The van der Waals surface area contributed by atoms with Crippen LogP contribution in [-0.4, -0.2) is 50.8 Å². The zero-order valence-corrected chi connectivity index (χ0v) is 17.4. The largest absolute Gasteiger partial charge is 0.492 e. The first-order valence-corrected chi connectivity index (χ1v) is 10.7. The maximum absolute atomic E-state index is 13.3. The zero-order chi connectivity index (χ0) is 20.7. The summed E-state index contributed by atoms with van der Waals surface area (Å²) in [6, 6.07) is 15.0. The summed E-state index contributed by atoms with van der Waals surface area (Å²) in [7, 11) is 0. The summed E-state index contributed by atoms with van der Waals surface area (Å²) in [6.45, 7) is 5.37. The molecule has 1 fully saturated rings. The maximum Gasteiger partial charge on any atom is 0.230 e. The molecule has 1 unspecified atom stereocenters. The number of rotatable bonds is 4. The topological polar surface area (TPSA) is 56.9 Å². The van der Waals surface area contributed by atoms with E-state index in [1.54, 1.807) is 0 Å². The van der Waals surface area contributed by atoms with Crippen molar-refractivity contribution in [2.75, 3.05) is 31.1 Å². The van der Waals surface area contributed by atoms with E-state index in [4.69, 9.17) is 0 Å². The second-order valence-electron chi connectivity index (χ2n) is 7.56. The molecule has 1 aliphatic rings. The van der Waals surface area contributed by atoms with E-state index < -0.39 is 0 Å². The molecular weight excluding hydrogens is 401 g/mol. The third kappa shape index (κ3) is 3.42. The van der Waals surface area contributed by atoms with E-state index >= 15 is 0 Å². The first kappa shape index (κ1) is 19.0. The quantitative estimate of drug-likeness (QED) is 0.540. The lowest BCUT2D eigenvalue weighted by atomic mass is 10.0. The Hall–Kier alpha value is -2.97. The number of benzene rings is 2. The number of aryl methyl sites for hydroxylation is 1. The number of hydrogen-bond acceptors (Lipinski definition) is 6. The fourth-order valence-corrected chi connectivity index (χ4v) is 5.13. The van der Waals surface area contributed by atoms with Crippen LogP contribution in [0, 0.1) is 12.7 Å². The summed E-state index contributed by atoms with van der Waals surface area (Å²) in [5, 5.41) is 15.0. The summed E-state index contributed by atoms with van der Waals surface area (Å²) >= 11 is 1.47. The van der Waals surface area contributed by atoms with Crippen LogP contribution in [0.5, 0.6) is 5.88 Å². The Morgan fingerprint density at radius 1 is 1.00 bits per heavy atom. The lowest BCUT2D eigenvalue weighted by Crippen LogP contribution is -2.47. The van der Waals surface area contributed by atoms with Crippen LogP contribution in [0.4, 0.5) is 10.1 Å². The molecule has 0 aliphatic carbocycles. The van der Waals surface area contributed by atoms with Crippen molar-refractivity contribution >= 4 is 22.0 Å². The van der Waals surface area contributed by atoms with Crippen LogP contribution in [0.2, 0.25) is 0 Å².